The number of alkyl halides is 3. The van der Waals surface area contributed by atoms with E-state index in [4.69, 9.17) is 18.9 Å². The van der Waals surface area contributed by atoms with Crippen molar-refractivity contribution in [2.45, 2.75) is 45.6 Å². The van der Waals surface area contributed by atoms with Crippen LogP contribution in [0.5, 0.6) is 11.5 Å². The van der Waals surface area contributed by atoms with Crippen LogP contribution in [0.3, 0.4) is 0 Å². The Hall–Kier alpha value is -3.00. The molecule has 180 valence electrons. The molecule has 2 rings (SSSR count). The minimum atomic E-state index is -4.37. The first-order valence-electron chi connectivity index (χ1n) is 10.7. The lowest BCUT2D eigenvalue weighted by atomic mass is 10.1. The molecule has 1 atom stereocenters. The number of allylic oxidation sites excluding steroid dienone is 1. The largest absolute Gasteiger partial charge is 0.497 e. The number of benzene rings is 2. The number of hydrogen-bond donors (Lipinski definition) is 0. The second kappa shape index (κ2) is 12.9. The zero-order chi connectivity index (χ0) is 24.3. The summed E-state index contributed by atoms with van der Waals surface area (Å²) in [6.07, 6.45) is -0.222. The van der Waals surface area contributed by atoms with Gasteiger partial charge in [-0.3, -0.25) is 0 Å². The molecule has 33 heavy (non-hydrogen) atoms. The van der Waals surface area contributed by atoms with Crippen molar-refractivity contribution in [1.82, 2.24) is 0 Å². The van der Waals surface area contributed by atoms with E-state index in [-0.39, 0.29) is 12.6 Å². The second-order valence-electron chi connectivity index (χ2n) is 7.06. The van der Waals surface area contributed by atoms with Crippen LogP contribution in [-0.4, -0.2) is 32.4 Å². The highest BCUT2D eigenvalue weighted by Gasteiger charge is 2.29. The van der Waals surface area contributed by atoms with Crippen LogP contribution in [0.15, 0.2) is 48.5 Å². The monoisotopic (exact) mass is 466 g/mol. The first kappa shape index (κ1) is 26.3. The van der Waals surface area contributed by atoms with Crippen LogP contribution in [0.25, 0.3) is 6.08 Å². The Kier molecular flexibility index (Phi) is 10.3. The molecule has 0 spiro atoms. The Bertz CT molecular complexity index is 907. The van der Waals surface area contributed by atoms with Gasteiger partial charge in [-0.1, -0.05) is 24.3 Å². The second-order valence-corrected chi connectivity index (χ2v) is 7.06. The lowest BCUT2D eigenvalue weighted by Crippen LogP contribution is -2.26. The molecule has 1 unspecified atom stereocenters. The molecule has 0 saturated heterocycles. The highest BCUT2D eigenvalue weighted by Crippen LogP contribution is 2.30. The number of esters is 1. The molecule has 0 aliphatic heterocycles. The molecular weight excluding hydrogens is 437 g/mol. The van der Waals surface area contributed by atoms with Gasteiger partial charge >= 0.3 is 12.1 Å². The third-order valence-electron chi connectivity index (χ3n) is 4.70. The lowest BCUT2D eigenvalue weighted by Gasteiger charge is -2.14. The number of rotatable bonds is 12. The van der Waals surface area contributed by atoms with Crippen molar-refractivity contribution >= 4 is 12.0 Å². The van der Waals surface area contributed by atoms with E-state index in [1.165, 1.54) is 12.1 Å². The molecule has 0 N–H and O–H groups in total. The van der Waals surface area contributed by atoms with E-state index < -0.39 is 17.8 Å². The normalized spacial score (nSPS) is 12.5. The molecule has 2 aromatic carbocycles. The highest BCUT2D eigenvalue weighted by molar-refractivity contribution is 5.74. The SMILES string of the molecule is CCOC(=O)C(CC/C=C/c1cc(OC)ccc1OCc1ccc(C(F)(F)F)cc1)OCC. The number of carbonyl (C=O) groups is 1. The van der Waals surface area contributed by atoms with Gasteiger partial charge in [0.05, 0.1) is 19.3 Å². The summed E-state index contributed by atoms with van der Waals surface area (Å²) in [4.78, 5) is 12.0. The standard InChI is InChI=1S/C25H29F3O5/c1-4-31-23(24(29)32-5-2)9-7-6-8-19-16-21(30-3)14-15-22(19)33-17-18-10-12-20(13-11-18)25(26,27)28/h6,8,10-16,23H,4-5,7,9,17H2,1-3H3/b8-6+. The van der Waals surface area contributed by atoms with Crippen molar-refractivity contribution in [3.05, 3.63) is 65.2 Å². The van der Waals surface area contributed by atoms with Gasteiger partial charge in [-0.2, -0.15) is 13.2 Å². The topological polar surface area (TPSA) is 54.0 Å². The molecular formula is C25H29F3O5. The molecule has 0 bridgehead atoms. The first-order valence-corrected chi connectivity index (χ1v) is 10.7. The highest BCUT2D eigenvalue weighted by atomic mass is 19.4. The van der Waals surface area contributed by atoms with Crippen molar-refractivity contribution < 1.29 is 36.9 Å². The summed E-state index contributed by atoms with van der Waals surface area (Å²) < 4.78 is 59.8. The third-order valence-corrected chi connectivity index (χ3v) is 4.70. The van der Waals surface area contributed by atoms with Crippen molar-refractivity contribution in [2.24, 2.45) is 0 Å². The third kappa shape index (κ3) is 8.46. The average Bonchev–Trinajstić information content (AvgIpc) is 2.79. The fourth-order valence-electron chi connectivity index (χ4n) is 3.03. The molecule has 0 aliphatic carbocycles. The molecule has 5 nitrogen and oxygen atoms in total. The van der Waals surface area contributed by atoms with Gasteiger partial charge in [-0.05, 0) is 62.6 Å². The van der Waals surface area contributed by atoms with E-state index in [1.54, 1.807) is 32.2 Å². The fraction of sp³-hybridized carbons (Fsp3) is 0.400. The molecule has 0 saturated carbocycles. The van der Waals surface area contributed by atoms with Crippen LogP contribution in [0.1, 0.15) is 43.4 Å². The summed E-state index contributed by atoms with van der Waals surface area (Å²) in [5.41, 5.74) is 0.653. The first-order chi connectivity index (χ1) is 15.8. The molecule has 0 radical (unpaired) electrons. The minimum absolute atomic E-state index is 0.112. The fourth-order valence-corrected chi connectivity index (χ4v) is 3.03. The van der Waals surface area contributed by atoms with E-state index in [1.807, 2.05) is 19.1 Å². The molecule has 8 heteroatoms. The molecule has 2 aromatic rings. The Morgan fingerprint density at radius 1 is 1.06 bits per heavy atom. The van der Waals surface area contributed by atoms with E-state index in [9.17, 15) is 18.0 Å². The van der Waals surface area contributed by atoms with Crippen LogP contribution < -0.4 is 9.47 Å². The molecule has 0 amide bonds. The van der Waals surface area contributed by atoms with Gasteiger partial charge in [0.25, 0.3) is 0 Å². The van der Waals surface area contributed by atoms with E-state index in [0.717, 1.165) is 17.7 Å². The maximum absolute atomic E-state index is 12.7. The predicted molar refractivity (Wildman–Crippen MR) is 119 cm³/mol. The average molecular weight is 466 g/mol. The summed E-state index contributed by atoms with van der Waals surface area (Å²) in [5, 5.41) is 0. The van der Waals surface area contributed by atoms with Crippen molar-refractivity contribution in [3.8, 4) is 11.5 Å². The Morgan fingerprint density at radius 3 is 2.39 bits per heavy atom. The van der Waals surface area contributed by atoms with Crippen LogP contribution in [0.2, 0.25) is 0 Å². The predicted octanol–water partition coefficient (Wildman–Crippen LogP) is 6.05. The van der Waals surface area contributed by atoms with E-state index in [0.29, 0.717) is 43.1 Å². The number of halogens is 3. The van der Waals surface area contributed by atoms with Crippen molar-refractivity contribution in [2.75, 3.05) is 20.3 Å². The summed E-state index contributed by atoms with van der Waals surface area (Å²) >= 11 is 0. The van der Waals surface area contributed by atoms with Gasteiger partial charge < -0.3 is 18.9 Å². The van der Waals surface area contributed by atoms with Crippen molar-refractivity contribution in [1.29, 1.82) is 0 Å². The van der Waals surface area contributed by atoms with Crippen LogP contribution in [0, 0.1) is 0 Å². The summed E-state index contributed by atoms with van der Waals surface area (Å²) in [6.45, 7) is 4.38. The Balaban J connectivity index is 2.05. The molecule has 0 fully saturated rings. The molecule has 0 aromatic heterocycles. The quantitative estimate of drug-likeness (QED) is 0.356. The van der Waals surface area contributed by atoms with Gasteiger partial charge in [-0.25, -0.2) is 4.79 Å². The maximum atomic E-state index is 12.7. The summed E-state index contributed by atoms with van der Waals surface area (Å²) in [6, 6.07) is 10.1. The van der Waals surface area contributed by atoms with Crippen LogP contribution in [0.4, 0.5) is 13.2 Å². The van der Waals surface area contributed by atoms with E-state index >= 15 is 0 Å². The number of ether oxygens (including phenoxy) is 4. The smallest absolute Gasteiger partial charge is 0.416 e. The van der Waals surface area contributed by atoms with E-state index in [2.05, 4.69) is 0 Å². The number of hydrogen-bond acceptors (Lipinski definition) is 5. The zero-order valence-electron chi connectivity index (χ0n) is 19.0. The van der Waals surface area contributed by atoms with Gasteiger partial charge in [0.2, 0.25) is 0 Å². The summed E-state index contributed by atoms with van der Waals surface area (Å²) in [5.74, 6) is 0.809. The summed E-state index contributed by atoms with van der Waals surface area (Å²) in [7, 11) is 1.55. The molecule has 0 heterocycles. The molecule has 0 aliphatic rings. The van der Waals surface area contributed by atoms with Gasteiger partial charge in [0, 0.05) is 12.2 Å². The Labute approximate surface area is 192 Å². The zero-order valence-corrected chi connectivity index (χ0v) is 19.0. The Morgan fingerprint density at radius 2 is 1.79 bits per heavy atom. The van der Waals surface area contributed by atoms with Gasteiger partial charge in [0.15, 0.2) is 6.10 Å². The van der Waals surface area contributed by atoms with Gasteiger partial charge in [0.1, 0.15) is 18.1 Å². The lowest BCUT2D eigenvalue weighted by molar-refractivity contribution is -0.156. The number of methoxy groups -OCH3 is 1. The maximum Gasteiger partial charge on any atom is 0.416 e. The van der Waals surface area contributed by atoms with Crippen molar-refractivity contribution in [3.63, 3.8) is 0 Å². The van der Waals surface area contributed by atoms with Gasteiger partial charge in [-0.15, -0.1) is 0 Å². The minimum Gasteiger partial charge on any atom is -0.497 e. The van der Waals surface area contributed by atoms with Crippen LogP contribution >= 0.6 is 0 Å². The van der Waals surface area contributed by atoms with Crippen LogP contribution in [-0.2, 0) is 27.1 Å². The number of carbonyl (C=O) groups excluding carboxylic acids is 1.